The van der Waals surface area contributed by atoms with Crippen molar-refractivity contribution in [3.8, 4) is 0 Å². The highest BCUT2D eigenvalue weighted by atomic mass is 19.4. The van der Waals surface area contributed by atoms with Crippen molar-refractivity contribution in [2.75, 3.05) is 13.1 Å². The van der Waals surface area contributed by atoms with E-state index in [1.54, 1.807) is 7.05 Å². The summed E-state index contributed by atoms with van der Waals surface area (Å²) in [5.74, 6) is 0. The van der Waals surface area contributed by atoms with Crippen molar-refractivity contribution in [1.29, 1.82) is 0 Å². The van der Waals surface area contributed by atoms with Gasteiger partial charge < -0.3 is 5.73 Å². The Labute approximate surface area is 115 Å². The molecule has 112 valence electrons. The molecule has 0 bridgehead atoms. The van der Waals surface area contributed by atoms with Gasteiger partial charge in [0.2, 0.25) is 0 Å². The van der Waals surface area contributed by atoms with Crippen molar-refractivity contribution in [3.63, 3.8) is 0 Å². The summed E-state index contributed by atoms with van der Waals surface area (Å²) in [5, 5.41) is 3.55. The molecule has 4 nitrogen and oxygen atoms in total. The largest absolute Gasteiger partial charge is 0.435 e. The maximum atomic E-state index is 12.6. The van der Waals surface area contributed by atoms with Crippen LogP contribution in [0.1, 0.15) is 30.7 Å². The number of nitrogens with zero attached hydrogens (tertiary/aromatic N) is 3. The van der Waals surface area contributed by atoms with Gasteiger partial charge in [-0.15, -0.1) is 0 Å². The Balaban J connectivity index is 1.71. The summed E-state index contributed by atoms with van der Waals surface area (Å²) in [5.41, 5.74) is 6.16. The Morgan fingerprint density at radius 1 is 1.45 bits per heavy atom. The molecule has 1 saturated carbocycles. The zero-order chi connectivity index (χ0) is 14.5. The van der Waals surface area contributed by atoms with Crippen LogP contribution in [0.2, 0.25) is 0 Å². The highest BCUT2D eigenvalue weighted by Crippen LogP contribution is 2.47. The van der Waals surface area contributed by atoms with Gasteiger partial charge in [0.15, 0.2) is 5.69 Å². The minimum Gasteiger partial charge on any atom is -0.326 e. The summed E-state index contributed by atoms with van der Waals surface area (Å²) >= 11 is 0. The summed E-state index contributed by atoms with van der Waals surface area (Å²) < 4.78 is 39.2. The van der Waals surface area contributed by atoms with Crippen LogP contribution in [0.25, 0.3) is 0 Å². The summed E-state index contributed by atoms with van der Waals surface area (Å²) in [6.45, 7) is 2.13. The summed E-state index contributed by atoms with van der Waals surface area (Å²) in [6.07, 6.45) is -0.883. The quantitative estimate of drug-likeness (QED) is 0.902. The van der Waals surface area contributed by atoms with Gasteiger partial charge in [-0.3, -0.25) is 9.58 Å². The van der Waals surface area contributed by atoms with Crippen molar-refractivity contribution in [1.82, 2.24) is 14.7 Å². The number of hydrogen-bond donors (Lipinski definition) is 1. The van der Waals surface area contributed by atoms with Crippen molar-refractivity contribution in [3.05, 3.63) is 17.5 Å². The smallest absolute Gasteiger partial charge is 0.326 e. The Morgan fingerprint density at radius 3 is 2.60 bits per heavy atom. The van der Waals surface area contributed by atoms with Gasteiger partial charge in [0.05, 0.1) is 5.69 Å². The lowest BCUT2D eigenvalue weighted by atomic mass is 9.66. The predicted molar refractivity (Wildman–Crippen MR) is 67.7 cm³/mol. The fraction of sp³-hybridized carbons (Fsp3) is 0.769. The van der Waals surface area contributed by atoms with Gasteiger partial charge in [0.1, 0.15) is 0 Å². The average Bonchev–Trinajstić information content (AvgIpc) is 2.80. The number of alkyl halides is 3. The first kappa shape index (κ1) is 13.9. The highest BCUT2D eigenvalue weighted by Gasteiger charge is 2.48. The minimum absolute atomic E-state index is 0.145. The lowest BCUT2D eigenvalue weighted by Crippen LogP contribution is -2.45. The normalized spacial score (nSPS) is 26.1. The van der Waals surface area contributed by atoms with Crippen LogP contribution in [-0.2, 0) is 19.8 Å². The lowest BCUT2D eigenvalue weighted by Gasteiger charge is -2.41. The van der Waals surface area contributed by atoms with Crippen LogP contribution in [0.4, 0.5) is 13.2 Å². The first-order chi connectivity index (χ1) is 9.30. The standard InChI is InChI=1S/C13H19F3N4/c1-19-9(5-11(18-19)13(14,15)16)6-20-7-10(17)12(8-20)3-2-4-12/h5,10H,2-4,6-8,17H2,1H3. The van der Waals surface area contributed by atoms with Gasteiger partial charge >= 0.3 is 6.18 Å². The van der Waals surface area contributed by atoms with Crippen molar-refractivity contribution >= 4 is 0 Å². The minimum atomic E-state index is -4.38. The Hall–Kier alpha value is -1.08. The van der Waals surface area contributed by atoms with Gasteiger partial charge in [0, 0.05) is 32.7 Å². The second-order valence-electron chi connectivity index (χ2n) is 6.13. The first-order valence-corrected chi connectivity index (χ1v) is 6.88. The number of likely N-dealkylation sites (tertiary alicyclic amines) is 1. The van der Waals surface area contributed by atoms with Crippen molar-refractivity contribution < 1.29 is 13.2 Å². The number of aromatic nitrogens is 2. The molecular formula is C13H19F3N4. The van der Waals surface area contributed by atoms with E-state index in [2.05, 4.69) is 10.00 Å². The van der Waals surface area contributed by atoms with Gasteiger partial charge in [-0.25, -0.2) is 0 Å². The molecule has 0 aromatic carbocycles. The molecular weight excluding hydrogens is 269 g/mol. The second kappa shape index (κ2) is 4.46. The van der Waals surface area contributed by atoms with E-state index in [9.17, 15) is 13.2 Å². The molecule has 1 aliphatic carbocycles. The summed E-state index contributed by atoms with van der Waals surface area (Å²) in [4.78, 5) is 2.15. The van der Waals surface area contributed by atoms with Crippen LogP contribution in [0.15, 0.2) is 6.07 Å². The molecule has 1 saturated heterocycles. The molecule has 1 unspecified atom stereocenters. The van der Waals surface area contributed by atoms with Crippen LogP contribution in [0.3, 0.4) is 0 Å². The van der Waals surface area contributed by atoms with Crippen LogP contribution in [0.5, 0.6) is 0 Å². The molecule has 2 fully saturated rings. The Kier molecular flexibility index (Phi) is 3.10. The van der Waals surface area contributed by atoms with E-state index in [-0.39, 0.29) is 11.5 Å². The van der Waals surface area contributed by atoms with Crippen molar-refractivity contribution in [2.45, 2.75) is 38.0 Å². The van der Waals surface area contributed by atoms with Crippen LogP contribution in [0, 0.1) is 5.41 Å². The van der Waals surface area contributed by atoms with Gasteiger partial charge in [-0.1, -0.05) is 6.42 Å². The molecule has 2 N–H and O–H groups in total. The van der Waals surface area contributed by atoms with Gasteiger partial charge in [0.25, 0.3) is 0 Å². The van der Waals surface area contributed by atoms with Crippen LogP contribution in [-0.4, -0.2) is 33.8 Å². The number of aryl methyl sites for hydroxylation is 1. The number of hydrogen-bond acceptors (Lipinski definition) is 3. The third kappa shape index (κ3) is 2.22. The van der Waals surface area contributed by atoms with Crippen LogP contribution >= 0.6 is 0 Å². The van der Waals surface area contributed by atoms with E-state index >= 15 is 0 Å². The van der Waals surface area contributed by atoms with Crippen LogP contribution < -0.4 is 5.73 Å². The molecule has 7 heteroatoms. The molecule has 0 radical (unpaired) electrons. The van der Waals surface area contributed by atoms with E-state index in [1.165, 1.54) is 11.1 Å². The molecule has 2 heterocycles. The second-order valence-corrected chi connectivity index (χ2v) is 6.13. The van der Waals surface area contributed by atoms with E-state index in [1.807, 2.05) is 0 Å². The zero-order valence-corrected chi connectivity index (χ0v) is 11.5. The average molecular weight is 288 g/mol. The number of halogens is 3. The summed E-state index contributed by atoms with van der Waals surface area (Å²) in [7, 11) is 1.56. The SMILES string of the molecule is Cn1nc(C(F)(F)F)cc1CN1CC(N)C2(CCC2)C1. The molecule has 2 aliphatic rings. The highest BCUT2D eigenvalue weighted by molar-refractivity contribution is 5.14. The van der Waals surface area contributed by atoms with E-state index in [0.717, 1.165) is 32.0 Å². The molecule has 20 heavy (non-hydrogen) atoms. The zero-order valence-electron chi connectivity index (χ0n) is 11.5. The molecule has 1 spiro atoms. The predicted octanol–water partition coefficient (Wildman–Crippen LogP) is 1.75. The molecule has 1 aromatic rings. The fourth-order valence-electron chi connectivity index (χ4n) is 3.40. The number of nitrogens with two attached hydrogens (primary N) is 1. The van der Waals surface area contributed by atoms with Gasteiger partial charge in [-0.2, -0.15) is 18.3 Å². The molecule has 1 aromatic heterocycles. The molecule has 3 rings (SSSR count). The fourth-order valence-corrected chi connectivity index (χ4v) is 3.40. The maximum absolute atomic E-state index is 12.6. The third-order valence-corrected chi connectivity index (χ3v) is 4.78. The molecule has 1 atom stereocenters. The third-order valence-electron chi connectivity index (χ3n) is 4.78. The van der Waals surface area contributed by atoms with E-state index in [4.69, 9.17) is 5.73 Å². The monoisotopic (exact) mass is 288 g/mol. The Bertz CT molecular complexity index is 504. The van der Waals surface area contributed by atoms with E-state index < -0.39 is 11.9 Å². The summed E-state index contributed by atoms with van der Waals surface area (Å²) in [6, 6.07) is 1.28. The number of rotatable bonds is 2. The lowest BCUT2D eigenvalue weighted by molar-refractivity contribution is -0.141. The van der Waals surface area contributed by atoms with Crippen molar-refractivity contribution in [2.24, 2.45) is 18.2 Å². The van der Waals surface area contributed by atoms with Gasteiger partial charge in [-0.05, 0) is 24.3 Å². The topological polar surface area (TPSA) is 47.1 Å². The maximum Gasteiger partial charge on any atom is 0.435 e. The molecule has 1 aliphatic heterocycles. The Morgan fingerprint density at radius 2 is 2.15 bits per heavy atom. The first-order valence-electron chi connectivity index (χ1n) is 6.88. The molecule has 0 amide bonds. The van der Waals surface area contributed by atoms with E-state index in [0.29, 0.717) is 12.2 Å².